The van der Waals surface area contributed by atoms with Crippen molar-refractivity contribution in [2.75, 3.05) is 6.61 Å². The van der Waals surface area contributed by atoms with Gasteiger partial charge in [-0.15, -0.1) is 5.10 Å². The van der Waals surface area contributed by atoms with E-state index in [-0.39, 0.29) is 16.3 Å². The monoisotopic (exact) mass is 522 g/mol. The number of imidazole rings is 1. The molecule has 0 radical (unpaired) electrons. The molecular weight excluding hydrogens is 488 g/mol. The number of ether oxygens (including phenoxy) is 1. The van der Waals surface area contributed by atoms with Crippen molar-refractivity contribution in [3.8, 4) is 17.1 Å². The number of hydrogen-bond acceptors (Lipinski definition) is 6. The average Bonchev–Trinajstić information content (AvgIpc) is 3.20. The number of hydrogen-bond donors (Lipinski definition) is 1. The molecule has 8 nitrogen and oxygen atoms in total. The van der Waals surface area contributed by atoms with Crippen LogP contribution in [-0.2, 0) is 22.7 Å². The number of aromatic amines is 1. The van der Waals surface area contributed by atoms with Crippen molar-refractivity contribution in [3.63, 3.8) is 0 Å². The van der Waals surface area contributed by atoms with Crippen LogP contribution in [0.25, 0.3) is 16.9 Å². The van der Waals surface area contributed by atoms with Gasteiger partial charge in [0.05, 0.1) is 28.0 Å². The molecule has 1 unspecified atom stereocenters. The fourth-order valence-corrected chi connectivity index (χ4v) is 5.91. The fraction of sp³-hybridized carbons (Fsp3) is 0.393. The number of sulfone groups is 1. The Bertz CT molecular complexity index is 1540. The molecule has 1 atom stereocenters. The molecule has 0 fully saturated rings. The highest BCUT2D eigenvalue weighted by atomic mass is 32.2. The Labute approximate surface area is 217 Å². The Hall–Kier alpha value is -3.46. The Morgan fingerprint density at radius 3 is 2.54 bits per heavy atom. The van der Waals surface area contributed by atoms with E-state index in [1.807, 2.05) is 37.3 Å². The van der Waals surface area contributed by atoms with Gasteiger partial charge >= 0.3 is 0 Å². The van der Waals surface area contributed by atoms with E-state index < -0.39 is 15.1 Å². The van der Waals surface area contributed by atoms with Crippen LogP contribution in [0.3, 0.4) is 0 Å². The van der Waals surface area contributed by atoms with Crippen LogP contribution in [0, 0.1) is 6.92 Å². The van der Waals surface area contributed by atoms with Crippen molar-refractivity contribution in [2.24, 2.45) is 0 Å². The summed E-state index contributed by atoms with van der Waals surface area (Å²) in [7, 11) is -3.67. The van der Waals surface area contributed by atoms with Crippen molar-refractivity contribution in [1.82, 2.24) is 19.6 Å². The number of rotatable bonds is 11. The molecule has 0 saturated carbocycles. The van der Waals surface area contributed by atoms with E-state index in [0.29, 0.717) is 47.8 Å². The first-order chi connectivity index (χ1) is 17.8. The maximum Gasteiger partial charge on any atom is 0.277 e. The third-order valence-corrected chi connectivity index (χ3v) is 8.61. The summed E-state index contributed by atoms with van der Waals surface area (Å²) in [6.07, 6.45) is 4.16. The van der Waals surface area contributed by atoms with Crippen molar-refractivity contribution in [2.45, 2.75) is 69.9 Å². The minimum absolute atomic E-state index is 0.155. The van der Waals surface area contributed by atoms with E-state index in [1.54, 1.807) is 36.6 Å². The van der Waals surface area contributed by atoms with E-state index in [4.69, 9.17) is 9.84 Å². The molecule has 0 amide bonds. The number of nitrogens with zero attached hydrogens (tertiary/aromatic N) is 3. The predicted molar refractivity (Wildman–Crippen MR) is 145 cm³/mol. The van der Waals surface area contributed by atoms with Crippen molar-refractivity contribution >= 4 is 15.4 Å². The Morgan fingerprint density at radius 1 is 1.08 bits per heavy atom. The Kier molecular flexibility index (Phi) is 8.12. The molecule has 0 bridgehead atoms. The normalized spacial score (nSPS) is 12.6. The molecule has 0 aliphatic heterocycles. The number of unbranched alkanes of at least 4 members (excludes halogenated alkanes) is 2. The summed E-state index contributed by atoms with van der Waals surface area (Å²) in [5.41, 5.74) is 2.05. The molecule has 37 heavy (non-hydrogen) atoms. The van der Waals surface area contributed by atoms with Crippen LogP contribution in [0.4, 0.5) is 0 Å². The van der Waals surface area contributed by atoms with Gasteiger partial charge in [-0.25, -0.2) is 17.9 Å². The van der Waals surface area contributed by atoms with E-state index in [0.717, 1.165) is 24.8 Å². The van der Waals surface area contributed by atoms with E-state index in [9.17, 15) is 13.2 Å². The van der Waals surface area contributed by atoms with Gasteiger partial charge in [-0.2, -0.15) is 0 Å². The standard InChI is InChI=1S/C28H34N4O4S/c1-5-7-9-14-25-29-20(4)26-28(33)30-27(31-32(25)26)23-18-22(15-16-24(23)36-6-2)37(34,35)19(3)17-21-12-10-8-11-13-21/h8,10-13,15-16,18-19H,5-7,9,14,17H2,1-4H3,(H,30,31,33). The number of aromatic nitrogens is 4. The maximum atomic E-state index is 13.5. The molecule has 0 aliphatic carbocycles. The minimum Gasteiger partial charge on any atom is -0.493 e. The summed E-state index contributed by atoms with van der Waals surface area (Å²) in [5, 5.41) is 4.07. The van der Waals surface area contributed by atoms with E-state index in [1.165, 1.54) is 0 Å². The second-order valence-electron chi connectivity index (χ2n) is 9.27. The number of nitrogens with one attached hydrogen (secondary N) is 1. The molecule has 0 saturated heterocycles. The zero-order valence-electron chi connectivity index (χ0n) is 21.8. The quantitative estimate of drug-likeness (QED) is 0.280. The smallest absolute Gasteiger partial charge is 0.277 e. The summed E-state index contributed by atoms with van der Waals surface area (Å²) in [6.45, 7) is 7.86. The van der Waals surface area contributed by atoms with Crippen LogP contribution in [0.5, 0.6) is 5.75 Å². The number of H-pyrrole nitrogens is 1. The SMILES string of the molecule is CCCCCc1nc(C)c2c(=O)[nH]c(-c3cc(S(=O)(=O)C(C)Cc4ccccc4)ccc3OCC)nn12. The van der Waals surface area contributed by atoms with Crippen molar-refractivity contribution in [3.05, 3.63) is 76.0 Å². The highest BCUT2D eigenvalue weighted by Gasteiger charge is 2.26. The molecule has 0 spiro atoms. The van der Waals surface area contributed by atoms with E-state index >= 15 is 0 Å². The van der Waals surface area contributed by atoms with Crippen LogP contribution in [0.2, 0.25) is 0 Å². The van der Waals surface area contributed by atoms with Gasteiger partial charge in [0.15, 0.2) is 21.2 Å². The summed E-state index contributed by atoms with van der Waals surface area (Å²) in [4.78, 5) is 20.7. The molecule has 2 heterocycles. The first kappa shape index (κ1) is 26.6. The Morgan fingerprint density at radius 2 is 1.84 bits per heavy atom. The molecule has 1 N–H and O–H groups in total. The fourth-order valence-electron chi connectivity index (χ4n) is 4.49. The summed E-state index contributed by atoms with van der Waals surface area (Å²) in [5.74, 6) is 1.40. The zero-order valence-corrected chi connectivity index (χ0v) is 22.6. The van der Waals surface area contributed by atoms with Gasteiger partial charge in [0, 0.05) is 6.42 Å². The largest absolute Gasteiger partial charge is 0.493 e. The molecule has 4 rings (SSSR count). The van der Waals surface area contributed by atoms with Crippen molar-refractivity contribution in [1.29, 1.82) is 0 Å². The third-order valence-electron chi connectivity index (χ3n) is 6.48. The van der Waals surface area contributed by atoms with Crippen LogP contribution < -0.4 is 10.3 Å². The number of benzene rings is 2. The molecule has 196 valence electrons. The summed E-state index contributed by atoms with van der Waals surface area (Å²) >= 11 is 0. The van der Waals surface area contributed by atoms with Gasteiger partial charge < -0.3 is 9.72 Å². The lowest BCUT2D eigenvalue weighted by Crippen LogP contribution is -2.21. The van der Waals surface area contributed by atoms with Gasteiger partial charge in [-0.1, -0.05) is 50.1 Å². The molecule has 2 aromatic heterocycles. The first-order valence-electron chi connectivity index (χ1n) is 12.8. The first-order valence-corrected chi connectivity index (χ1v) is 14.3. The van der Waals surface area contributed by atoms with Crippen LogP contribution >= 0.6 is 0 Å². The lowest BCUT2D eigenvalue weighted by Gasteiger charge is -2.16. The highest BCUT2D eigenvalue weighted by molar-refractivity contribution is 7.92. The van der Waals surface area contributed by atoms with Gasteiger partial charge in [0.2, 0.25) is 0 Å². The van der Waals surface area contributed by atoms with Gasteiger partial charge in [-0.05, 0) is 57.4 Å². The van der Waals surface area contributed by atoms with Crippen LogP contribution in [-0.4, -0.2) is 39.9 Å². The average molecular weight is 523 g/mol. The Balaban J connectivity index is 1.79. The van der Waals surface area contributed by atoms with Gasteiger partial charge in [0.1, 0.15) is 11.6 Å². The predicted octanol–water partition coefficient (Wildman–Crippen LogP) is 4.93. The molecule has 0 aliphatic rings. The lowest BCUT2D eigenvalue weighted by molar-refractivity contribution is 0.341. The third kappa shape index (κ3) is 5.61. The summed E-state index contributed by atoms with van der Waals surface area (Å²) < 4.78 is 34.4. The van der Waals surface area contributed by atoms with Crippen molar-refractivity contribution < 1.29 is 13.2 Å². The van der Waals surface area contributed by atoms with Gasteiger partial charge in [-0.3, -0.25) is 4.79 Å². The summed E-state index contributed by atoms with van der Waals surface area (Å²) in [6, 6.07) is 14.3. The zero-order chi connectivity index (χ0) is 26.6. The van der Waals surface area contributed by atoms with E-state index in [2.05, 4.69) is 16.9 Å². The molecular formula is C28H34N4O4S. The second-order valence-corrected chi connectivity index (χ2v) is 11.6. The minimum atomic E-state index is -3.67. The second kappa shape index (κ2) is 11.3. The highest BCUT2D eigenvalue weighted by Crippen LogP contribution is 2.32. The number of fused-ring (bicyclic) bond motifs is 1. The maximum absolute atomic E-state index is 13.5. The van der Waals surface area contributed by atoms with Gasteiger partial charge in [0.25, 0.3) is 5.56 Å². The molecule has 2 aromatic carbocycles. The topological polar surface area (TPSA) is 106 Å². The van der Waals surface area contributed by atoms with Crippen LogP contribution in [0.15, 0.2) is 58.2 Å². The number of aryl methyl sites for hydroxylation is 2. The molecule has 4 aromatic rings. The van der Waals surface area contributed by atoms with Crippen LogP contribution in [0.1, 0.15) is 57.1 Å². The molecule has 9 heteroatoms. The lowest BCUT2D eigenvalue weighted by atomic mass is 10.1.